The van der Waals surface area contributed by atoms with Gasteiger partial charge in [-0.3, -0.25) is 4.98 Å². The van der Waals surface area contributed by atoms with E-state index in [4.69, 9.17) is 0 Å². The fourth-order valence-corrected chi connectivity index (χ4v) is 2.40. The van der Waals surface area contributed by atoms with Crippen LogP contribution in [0.5, 0.6) is 0 Å². The molecule has 0 atom stereocenters. The molecule has 0 radical (unpaired) electrons. The molecule has 1 fully saturated rings. The quantitative estimate of drug-likeness (QED) is 0.880. The highest BCUT2D eigenvalue weighted by Crippen LogP contribution is 2.40. The Labute approximate surface area is 114 Å². The van der Waals surface area contributed by atoms with Crippen molar-refractivity contribution in [2.75, 3.05) is 0 Å². The highest BCUT2D eigenvalue weighted by Gasteiger charge is 2.23. The van der Waals surface area contributed by atoms with Gasteiger partial charge in [0.25, 0.3) is 0 Å². The second-order valence-corrected chi connectivity index (χ2v) is 5.43. The van der Waals surface area contributed by atoms with Gasteiger partial charge in [0, 0.05) is 25.5 Å². The Hall–Kier alpha value is -1.67. The molecule has 1 aromatic carbocycles. The van der Waals surface area contributed by atoms with Crippen molar-refractivity contribution in [2.24, 2.45) is 0 Å². The summed E-state index contributed by atoms with van der Waals surface area (Å²) in [7, 11) is 0. The third-order valence-corrected chi connectivity index (χ3v) is 3.79. The Morgan fingerprint density at radius 2 is 2.11 bits per heavy atom. The molecule has 1 aliphatic carbocycles. The molecule has 1 aliphatic rings. The fourth-order valence-electron chi connectivity index (χ4n) is 2.40. The zero-order chi connectivity index (χ0) is 13.1. The summed E-state index contributed by atoms with van der Waals surface area (Å²) in [5.74, 6) is 0.834. The molecule has 0 aliphatic heterocycles. The summed E-state index contributed by atoms with van der Waals surface area (Å²) >= 11 is 0. The molecule has 2 aromatic rings. The number of aromatic nitrogens is 1. The lowest BCUT2D eigenvalue weighted by Crippen LogP contribution is -2.13. The number of benzene rings is 1. The van der Waals surface area contributed by atoms with Gasteiger partial charge in [0.15, 0.2) is 0 Å². The van der Waals surface area contributed by atoms with Crippen LogP contribution in [-0.2, 0) is 13.1 Å². The van der Waals surface area contributed by atoms with Crippen LogP contribution in [0.4, 0.5) is 0 Å². The first kappa shape index (κ1) is 12.4. The van der Waals surface area contributed by atoms with E-state index in [-0.39, 0.29) is 0 Å². The minimum Gasteiger partial charge on any atom is -0.309 e. The molecular weight excluding hydrogens is 232 g/mol. The minimum absolute atomic E-state index is 0.834. The predicted molar refractivity (Wildman–Crippen MR) is 77.9 cm³/mol. The summed E-state index contributed by atoms with van der Waals surface area (Å²) in [6, 6.07) is 11.0. The van der Waals surface area contributed by atoms with Crippen molar-refractivity contribution in [1.82, 2.24) is 10.3 Å². The molecule has 0 bridgehead atoms. The van der Waals surface area contributed by atoms with E-state index in [1.165, 1.54) is 35.1 Å². The van der Waals surface area contributed by atoms with Crippen LogP contribution in [-0.4, -0.2) is 4.98 Å². The highest BCUT2D eigenvalue weighted by molar-refractivity contribution is 5.29. The van der Waals surface area contributed by atoms with E-state index in [0.29, 0.717) is 0 Å². The SMILES string of the molecule is Cc1ccncc1CNCc1cccc(C2CC2)c1. The molecule has 0 saturated heterocycles. The van der Waals surface area contributed by atoms with Crippen molar-refractivity contribution >= 4 is 0 Å². The van der Waals surface area contributed by atoms with Crippen LogP contribution in [0.3, 0.4) is 0 Å². The molecule has 0 unspecified atom stereocenters. The highest BCUT2D eigenvalue weighted by atomic mass is 14.9. The first-order chi connectivity index (χ1) is 9.33. The summed E-state index contributed by atoms with van der Waals surface area (Å²) in [5, 5.41) is 3.51. The largest absolute Gasteiger partial charge is 0.309 e. The van der Waals surface area contributed by atoms with E-state index in [0.717, 1.165) is 19.0 Å². The van der Waals surface area contributed by atoms with Gasteiger partial charge in [0.05, 0.1) is 0 Å². The standard InChI is InChI=1S/C17H20N2/c1-13-7-8-18-11-17(13)12-19-10-14-3-2-4-16(9-14)15-5-6-15/h2-4,7-9,11,15,19H,5-6,10,12H2,1H3. The smallest absolute Gasteiger partial charge is 0.0315 e. The Bertz CT molecular complexity index is 559. The number of hydrogen-bond acceptors (Lipinski definition) is 2. The normalized spacial score (nSPS) is 14.6. The molecule has 2 heteroatoms. The van der Waals surface area contributed by atoms with Gasteiger partial charge in [-0.25, -0.2) is 0 Å². The average molecular weight is 252 g/mol. The van der Waals surface area contributed by atoms with Crippen molar-refractivity contribution in [3.63, 3.8) is 0 Å². The Morgan fingerprint density at radius 3 is 2.89 bits per heavy atom. The molecule has 2 nitrogen and oxygen atoms in total. The maximum Gasteiger partial charge on any atom is 0.0315 e. The number of nitrogens with one attached hydrogen (secondary N) is 1. The third kappa shape index (κ3) is 3.21. The topological polar surface area (TPSA) is 24.9 Å². The number of aryl methyl sites for hydroxylation is 1. The molecule has 0 spiro atoms. The summed E-state index contributed by atoms with van der Waals surface area (Å²) in [5.41, 5.74) is 5.47. The Kier molecular flexibility index (Phi) is 3.60. The molecule has 1 saturated carbocycles. The van der Waals surface area contributed by atoms with Crippen LogP contribution in [0.1, 0.15) is 41.0 Å². The number of hydrogen-bond donors (Lipinski definition) is 1. The van der Waals surface area contributed by atoms with Gasteiger partial charge in [-0.15, -0.1) is 0 Å². The molecular formula is C17H20N2. The fraction of sp³-hybridized carbons (Fsp3) is 0.353. The monoisotopic (exact) mass is 252 g/mol. The molecule has 1 N–H and O–H groups in total. The van der Waals surface area contributed by atoms with E-state index >= 15 is 0 Å². The zero-order valence-electron chi connectivity index (χ0n) is 11.4. The van der Waals surface area contributed by atoms with Gasteiger partial charge in [-0.1, -0.05) is 24.3 Å². The van der Waals surface area contributed by atoms with Crippen molar-refractivity contribution in [3.8, 4) is 0 Å². The van der Waals surface area contributed by atoms with Crippen LogP contribution in [0.2, 0.25) is 0 Å². The maximum atomic E-state index is 4.18. The van der Waals surface area contributed by atoms with Crippen molar-refractivity contribution in [1.29, 1.82) is 0 Å². The van der Waals surface area contributed by atoms with Crippen LogP contribution in [0.15, 0.2) is 42.7 Å². The third-order valence-electron chi connectivity index (χ3n) is 3.79. The van der Waals surface area contributed by atoms with E-state index in [9.17, 15) is 0 Å². The summed E-state index contributed by atoms with van der Waals surface area (Å²) in [6.45, 7) is 3.94. The first-order valence-electron chi connectivity index (χ1n) is 7.02. The van der Waals surface area contributed by atoms with Crippen molar-refractivity contribution in [2.45, 2.75) is 38.8 Å². The van der Waals surface area contributed by atoms with E-state index in [1.54, 1.807) is 0 Å². The van der Waals surface area contributed by atoms with Gasteiger partial charge >= 0.3 is 0 Å². The van der Waals surface area contributed by atoms with E-state index < -0.39 is 0 Å². The lowest BCUT2D eigenvalue weighted by molar-refractivity contribution is 0.688. The molecule has 0 amide bonds. The van der Waals surface area contributed by atoms with Crippen LogP contribution in [0, 0.1) is 6.92 Å². The molecule has 19 heavy (non-hydrogen) atoms. The Morgan fingerprint density at radius 1 is 1.21 bits per heavy atom. The van der Waals surface area contributed by atoms with Gasteiger partial charge < -0.3 is 5.32 Å². The lowest BCUT2D eigenvalue weighted by Gasteiger charge is -2.08. The molecule has 3 rings (SSSR count). The summed E-state index contributed by atoms with van der Waals surface area (Å²) < 4.78 is 0. The molecule has 1 aromatic heterocycles. The maximum absolute atomic E-state index is 4.18. The van der Waals surface area contributed by atoms with E-state index in [2.05, 4.69) is 47.6 Å². The second-order valence-electron chi connectivity index (χ2n) is 5.43. The number of nitrogens with zero attached hydrogens (tertiary/aromatic N) is 1. The summed E-state index contributed by atoms with van der Waals surface area (Å²) in [4.78, 5) is 4.18. The molecule has 1 heterocycles. The van der Waals surface area contributed by atoms with Crippen LogP contribution < -0.4 is 5.32 Å². The number of pyridine rings is 1. The van der Waals surface area contributed by atoms with Gasteiger partial charge in [-0.2, -0.15) is 0 Å². The predicted octanol–water partition coefficient (Wildman–Crippen LogP) is 3.56. The first-order valence-corrected chi connectivity index (χ1v) is 7.02. The second kappa shape index (κ2) is 5.54. The molecule has 98 valence electrons. The van der Waals surface area contributed by atoms with Crippen molar-refractivity contribution in [3.05, 3.63) is 65.0 Å². The van der Waals surface area contributed by atoms with E-state index in [1.807, 2.05) is 12.4 Å². The van der Waals surface area contributed by atoms with Gasteiger partial charge in [-0.05, 0) is 54.0 Å². The van der Waals surface area contributed by atoms with Crippen LogP contribution in [0.25, 0.3) is 0 Å². The zero-order valence-corrected chi connectivity index (χ0v) is 11.4. The van der Waals surface area contributed by atoms with Crippen molar-refractivity contribution < 1.29 is 0 Å². The number of rotatable bonds is 5. The lowest BCUT2D eigenvalue weighted by atomic mass is 10.1. The average Bonchev–Trinajstić information content (AvgIpc) is 3.26. The minimum atomic E-state index is 0.834. The van der Waals surface area contributed by atoms with Gasteiger partial charge in [0.2, 0.25) is 0 Å². The summed E-state index contributed by atoms with van der Waals surface area (Å²) in [6.07, 6.45) is 6.53. The van der Waals surface area contributed by atoms with Gasteiger partial charge in [0.1, 0.15) is 0 Å². The van der Waals surface area contributed by atoms with Crippen LogP contribution >= 0.6 is 0 Å². The Balaban J connectivity index is 1.57.